The maximum absolute atomic E-state index is 13.9. The van der Waals surface area contributed by atoms with Gasteiger partial charge in [0.2, 0.25) is 0 Å². The van der Waals surface area contributed by atoms with Gasteiger partial charge in [0.05, 0.1) is 0 Å². The van der Waals surface area contributed by atoms with Crippen LogP contribution >= 0.6 is 0 Å². The van der Waals surface area contributed by atoms with Crippen LogP contribution in [0.4, 0.5) is 5.69 Å². The zero-order valence-electron chi connectivity index (χ0n) is 18.7. The number of aryl methyl sites for hydroxylation is 2. The number of aromatic nitrogens is 4. The summed E-state index contributed by atoms with van der Waals surface area (Å²) in [5.74, 6) is 0.0977. The Balaban J connectivity index is 1.86. The zero-order chi connectivity index (χ0) is 23.1. The van der Waals surface area contributed by atoms with E-state index in [0.29, 0.717) is 23.3 Å². The van der Waals surface area contributed by atoms with Gasteiger partial charge in [-0.3, -0.25) is 9.59 Å². The van der Waals surface area contributed by atoms with Crippen LogP contribution in [-0.4, -0.2) is 31.8 Å². The summed E-state index contributed by atoms with van der Waals surface area (Å²) in [6, 6.07) is 20.7. The van der Waals surface area contributed by atoms with Gasteiger partial charge in [-0.05, 0) is 43.7 Å². The summed E-state index contributed by atoms with van der Waals surface area (Å²) in [5, 5.41) is 5.97. The van der Waals surface area contributed by atoms with E-state index in [1.807, 2.05) is 86.1 Å². The van der Waals surface area contributed by atoms with Crippen molar-refractivity contribution in [2.75, 3.05) is 11.4 Å². The van der Waals surface area contributed by atoms with E-state index in [1.54, 1.807) is 17.2 Å². The van der Waals surface area contributed by atoms with E-state index in [4.69, 9.17) is 0 Å². The summed E-state index contributed by atoms with van der Waals surface area (Å²) in [7, 11) is 1.84. The van der Waals surface area contributed by atoms with Crippen LogP contribution in [0.3, 0.4) is 0 Å². The van der Waals surface area contributed by atoms with Crippen LogP contribution in [0.15, 0.2) is 77.7 Å². The first-order valence-corrected chi connectivity index (χ1v) is 10.8. The van der Waals surface area contributed by atoms with Gasteiger partial charge in [-0.15, -0.1) is 0 Å². The van der Waals surface area contributed by atoms with Crippen LogP contribution in [0.5, 0.6) is 0 Å². The number of fused-ring (bicyclic) bond motifs is 3. The fourth-order valence-corrected chi connectivity index (χ4v) is 4.25. The molecule has 0 N–H and O–H groups in total. The number of carbonyl (C=O) groups excluding carboxylic acids is 1. The van der Waals surface area contributed by atoms with Crippen LogP contribution in [-0.2, 0) is 7.05 Å². The molecule has 0 spiro atoms. The predicted octanol–water partition coefficient (Wildman–Crippen LogP) is 4.25. The number of nitrogens with zero attached hydrogens (tertiary/aromatic N) is 5. The van der Waals surface area contributed by atoms with Gasteiger partial charge in [-0.2, -0.15) is 9.78 Å². The smallest absolute Gasteiger partial charge is 0.297 e. The van der Waals surface area contributed by atoms with E-state index >= 15 is 0 Å². The fourth-order valence-electron chi connectivity index (χ4n) is 4.25. The normalized spacial score (nSPS) is 11.2. The monoisotopic (exact) mass is 437 g/mol. The molecule has 164 valence electrons. The Morgan fingerprint density at radius 1 is 1.00 bits per heavy atom. The molecule has 3 aromatic heterocycles. The van der Waals surface area contributed by atoms with Crippen molar-refractivity contribution in [3.63, 3.8) is 0 Å². The molecule has 0 saturated carbocycles. The molecule has 2 aromatic carbocycles. The Morgan fingerprint density at radius 3 is 2.42 bits per heavy atom. The van der Waals surface area contributed by atoms with Gasteiger partial charge in [-0.1, -0.05) is 42.5 Å². The first-order valence-electron chi connectivity index (χ1n) is 10.8. The molecule has 33 heavy (non-hydrogen) atoms. The number of amides is 1. The molecule has 0 aliphatic heterocycles. The molecule has 0 saturated heterocycles. The molecular formula is C26H23N5O2. The number of anilines is 1. The zero-order valence-corrected chi connectivity index (χ0v) is 18.7. The lowest BCUT2D eigenvalue weighted by Gasteiger charge is -2.21. The minimum absolute atomic E-state index is 0.217. The van der Waals surface area contributed by atoms with Gasteiger partial charge in [0.1, 0.15) is 5.52 Å². The van der Waals surface area contributed by atoms with Crippen molar-refractivity contribution in [3.05, 3.63) is 94.5 Å². The maximum Gasteiger partial charge on any atom is 0.297 e. The van der Waals surface area contributed by atoms with Crippen LogP contribution in [0.2, 0.25) is 0 Å². The van der Waals surface area contributed by atoms with Crippen molar-refractivity contribution in [1.82, 2.24) is 19.3 Å². The molecule has 0 atom stereocenters. The lowest BCUT2D eigenvalue weighted by Crippen LogP contribution is -2.34. The van der Waals surface area contributed by atoms with Crippen LogP contribution < -0.4 is 10.5 Å². The first-order chi connectivity index (χ1) is 16.0. The van der Waals surface area contributed by atoms with Crippen molar-refractivity contribution in [3.8, 4) is 5.82 Å². The lowest BCUT2D eigenvalue weighted by molar-refractivity contribution is 0.0983. The van der Waals surface area contributed by atoms with Crippen molar-refractivity contribution in [2.45, 2.75) is 13.8 Å². The minimum atomic E-state index is -0.320. The fraction of sp³-hybridized carbons (Fsp3) is 0.154. The van der Waals surface area contributed by atoms with E-state index in [1.165, 1.54) is 4.68 Å². The Kier molecular flexibility index (Phi) is 5.01. The number of benzene rings is 2. The largest absolute Gasteiger partial charge is 0.339 e. The average molecular weight is 438 g/mol. The van der Waals surface area contributed by atoms with E-state index in [9.17, 15) is 9.59 Å². The Labute approximate surface area is 190 Å². The van der Waals surface area contributed by atoms with Gasteiger partial charge in [0.25, 0.3) is 11.5 Å². The SMILES string of the molecule is CCN(C(=O)c1nn(-c2ccc(C)cn2)c(=O)c2c1c1ccccc1n2C)c1ccccc1. The summed E-state index contributed by atoms with van der Waals surface area (Å²) in [4.78, 5) is 33.6. The van der Waals surface area contributed by atoms with Crippen LogP contribution in [0, 0.1) is 6.92 Å². The van der Waals surface area contributed by atoms with Crippen molar-refractivity contribution in [2.24, 2.45) is 7.05 Å². The Hall–Kier alpha value is -4.26. The molecule has 0 aliphatic carbocycles. The highest BCUT2D eigenvalue weighted by Gasteiger charge is 2.27. The summed E-state index contributed by atoms with van der Waals surface area (Å²) in [5.41, 5.74) is 2.91. The number of hydrogen-bond acceptors (Lipinski definition) is 4. The van der Waals surface area contributed by atoms with E-state index < -0.39 is 0 Å². The molecule has 0 bridgehead atoms. The number of rotatable bonds is 4. The molecule has 3 heterocycles. The van der Waals surface area contributed by atoms with Crippen LogP contribution in [0.25, 0.3) is 27.6 Å². The number of pyridine rings is 1. The maximum atomic E-state index is 13.9. The lowest BCUT2D eigenvalue weighted by atomic mass is 10.1. The third-order valence-corrected chi connectivity index (χ3v) is 5.88. The second-order valence-electron chi connectivity index (χ2n) is 7.94. The third kappa shape index (κ3) is 3.29. The molecule has 5 aromatic rings. The Bertz CT molecular complexity index is 1550. The predicted molar refractivity (Wildman–Crippen MR) is 130 cm³/mol. The summed E-state index contributed by atoms with van der Waals surface area (Å²) in [6.45, 7) is 4.30. The minimum Gasteiger partial charge on any atom is -0.339 e. The second kappa shape index (κ2) is 8.02. The topological polar surface area (TPSA) is 73.0 Å². The third-order valence-electron chi connectivity index (χ3n) is 5.88. The summed E-state index contributed by atoms with van der Waals surface area (Å²) < 4.78 is 3.06. The van der Waals surface area contributed by atoms with E-state index in [-0.39, 0.29) is 17.2 Å². The highest BCUT2D eigenvalue weighted by molar-refractivity contribution is 6.20. The standard InChI is InChI=1S/C26H23N5O2/c1-4-30(18-10-6-5-7-11-18)25(32)23-22-19-12-8-9-13-20(19)29(3)24(22)26(33)31(28-23)21-15-14-17(2)16-27-21/h5-16H,4H2,1-3H3. The molecule has 5 rings (SSSR count). The first kappa shape index (κ1) is 20.6. The average Bonchev–Trinajstić information content (AvgIpc) is 3.14. The highest BCUT2D eigenvalue weighted by Crippen LogP contribution is 2.29. The van der Waals surface area contributed by atoms with Gasteiger partial charge < -0.3 is 9.47 Å². The molecular weight excluding hydrogens is 414 g/mol. The van der Waals surface area contributed by atoms with Gasteiger partial charge in [-0.25, -0.2) is 4.98 Å². The van der Waals surface area contributed by atoms with Crippen molar-refractivity contribution < 1.29 is 4.79 Å². The number of hydrogen-bond donors (Lipinski definition) is 0. The van der Waals surface area contributed by atoms with E-state index in [2.05, 4.69) is 10.1 Å². The van der Waals surface area contributed by atoms with Crippen molar-refractivity contribution >= 4 is 33.4 Å². The van der Waals surface area contributed by atoms with Gasteiger partial charge in [0, 0.05) is 41.8 Å². The number of carbonyl (C=O) groups is 1. The second-order valence-corrected chi connectivity index (χ2v) is 7.94. The molecule has 7 heteroatoms. The Morgan fingerprint density at radius 2 is 1.73 bits per heavy atom. The molecule has 1 amide bonds. The van der Waals surface area contributed by atoms with E-state index in [0.717, 1.165) is 22.2 Å². The van der Waals surface area contributed by atoms with Gasteiger partial charge in [0.15, 0.2) is 11.5 Å². The molecule has 0 fully saturated rings. The molecule has 0 unspecified atom stereocenters. The summed E-state index contributed by atoms with van der Waals surface area (Å²) in [6.07, 6.45) is 1.68. The highest BCUT2D eigenvalue weighted by atomic mass is 16.2. The van der Waals surface area contributed by atoms with Gasteiger partial charge >= 0.3 is 0 Å². The molecule has 0 aliphatic rings. The summed E-state index contributed by atoms with van der Waals surface area (Å²) >= 11 is 0. The van der Waals surface area contributed by atoms with Crippen molar-refractivity contribution in [1.29, 1.82) is 0 Å². The van der Waals surface area contributed by atoms with Crippen LogP contribution in [0.1, 0.15) is 23.0 Å². The molecule has 0 radical (unpaired) electrons. The quantitative estimate of drug-likeness (QED) is 0.421. The number of para-hydroxylation sites is 2. The molecule has 7 nitrogen and oxygen atoms in total.